The summed E-state index contributed by atoms with van der Waals surface area (Å²) in [4.78, 5) is 10.8. The minimum absolute atomic E-state index is 0.423. The number of nitrogen functional groups attached to an aromatic ring is 2. The number of azo groups is 1. The Labute approximate surface area is 110 Å². The maximum Gasteiger partial charge on any atom is 0.357 e. The summed E-state index contributed by atoms with van der Waals surface area (Å²) in [6.45, 7) is 1.86. The van der Waals surface area contributed by atoms with E-state index in [-0.39, 0.29) is 0 Å². The van der Waals surface area contributed by atoms with Crippen LogP contribution in [0.5, 0.6) is 0 Å². The van der Waals surface area contributed by atoms with Gasteiger partial charge in [-0.1, -0.05) is 6.07 Å². The van der Waals surface area contributed by atoms with Crippen LogP contribution in [0.1, 0.15) is 5.56 Å². The molecule has 0 bridgehead atoms. The van der Waals surface area contributed by atoms with E-state index in [9.17, 15) is 4.79 Å². The van der Waals surface area contributed by atoms with Crippen molar-refractivity contribution < 1.29 is 9.36 Å². The van der Waals surface area contributed by atoms with Gasteiger partial charge in [0, 0.05) is 11.8 Å². The summed E-state index contributed by atoms with van der Waals surface area (Å²) in [5.41, 5.74) is 14.0. The molecule has 1 aromatic carbocycles. The quantitative estimate of drug-likeness (QED) is 0.380. The number of aryl methyl sites for hydroxylation is 1. The van der Waals surface area contributed by atoms with Gasteiger partial charge in [0.05, 0.1) is 17.0 Å². The van der Waals surface area contributed by atoms with Crippen LogP contribution in [-0.4, -0.2) is 6.41 Å². The van der Waals surface area contributed by atoms with E-state index in [0.717, 1.165) is 5.56 Å². The lowest BCUT2D eigenvalue weighted by molar-refractivity contribution is -0.538. The summed E-state index contributed by atoms with van der Waals surface area (Å²) in [5, 5.41) is 8.07. The Bertz CT molecular complexity index is 651. The van der Waals surface area contributed by atoms with Crippen molar-refractivity contribution in [3.05, 3.63) is 42.1 Å². The minimum atomic E-state index is 0.423. The second-order valence-corrected chi connectivity index (χ2v) is 4.04. The van der Waals surface area contributed by atoms with Gasteiger partial charge in [-0.05, 0) is 35.8 Å². The summed E-state index contributed by atoms with van der Waals surface area (Å²) in [5.74, 6) is 0.423. The number of pyridine rings is 1. The van der Waals surface area contributed by atoms with E-state index in [1.165, 1.54) is 4.57 Å². The third-order valence-corrected chi connectivity index (χ3v) is 2.66. The van der Waals surface area contributed by atoms with Crippen LogP contribution >= 0.6 is 0 Å². The standard InChI is InChI=1S/C13H13N5O/c1-9-6-12(11(15)7-10(9)14)16-17-13-4-2-3-5-18(13)8-19/h2-8H,1H3,(H3,14,15)/p+1. The van der Waals surface area contributed by atoms with Crippen molar-refractivity contribution in [2.24, 2.45) is 10.2 Å². The second kappa shape index (κ2) is 5.26. The average Bonchev–Trinajstić information content (AvgIpc) is 2.41. The van der Waals surface area contributed by atoms with E-state index in [2.05, 4.69) is 10.2 Å². The van der Waals surface area contributed by atoms with E-state index >= 15 is 0 Å². The molecule has 0 aliphatic rings. The van der Waals surface area contributed by atoms with Crippen molar-refractivity contribution in [2.75, 3.05) is 11.5 Å². The second-order valence-electron chi connectivity index (χ2n) is 4.04. The number of aromatic nitrogens is 1. The fraction of sp³-hybridized carbons (Fsp3) is 0.0769. The number of rotatable bonds is 3. The Balaban J connectivity index is 2.38. The summed E-state index contributed by atoms with van der Waals surface area (Å²) in [6.07, 6.45) is 2.25. The van der Waals surface area contributed by atoms with Crippen LogP contribution in [0.2, 0.25) is 0 Å². The van der Waals surface area contributed by atoms with Crippen molar-refractivity contribution in [3.8, 4) is 0 Å². The van der Waals surface area contributed by atoms with Gasteiger partial charge in [0.25, 0.3) is 0 Å². The molecule has 19 heavy (non-hydrogen) atoms. The minimum Gasteiger partial charge on any atom is -0.398 e. The highest BCUT2D eigenvalue weighted by Gasteiger charge is 2.09. The van der Waals surface area contributed by atoms with Gasteiger partial charge in [0.1, 0.15) is 5.69 Å². The van der Waals surface area contributed by atoms with Gasteiger partial charge in [0.15, 0.2) is 0 Å². The molecule has 6 nitrogen and oxygen atoms in total. The monoisotopic (exact) mass is 256 g/mol. The molecule has 2 rings (SSSR count). The van der Waals surface area contributed by atoms with Gasteiger partial charge < -0.3 is 11.5 Å². The summed E-state index contributed by atoms with van der Waals surface area (Å²) >= 11 is 0. The van der Waals surface area contributed by atoms with E-state index in [1.807, 2.05) is 6.92 Å². The SMILES string of the molecule is Cc1cc(N=Nc2cccc[n+]2C=O)c(N)cc1N. The first kappa shape index (κ1) is 12.7. The number of benzene rings is 1. The Hall–Kier alpha value is -2.76. The van der Waals surface area contributed by atoms with Crippen molar-refractivity contribution >= 4 is 29.3 Å². The number of hydrogen-bond donors (Lipinski definition) is 2. The van der Waals surface area contributed by atoms with Crippen molar-refractivity contribution in [3.63, 3.8) is 0 Å². The number of carbonyl (C=O) groups excluding carboxylic acids is 1. The Kier molecular flexibility index (Phi) is 3.51. The summed E-state index contributed by atoms with van der Waals surface area (Å²) < 4.78 is 1.32. The van der Waals surface area contributed by atoms with Crippen LogP contribution in [0.3, 0.4) is 0 Å². The molecule has 1 heterocycles. The Morgan fingerprint density at radius 3 is 2.68 bits per heavy atom. The van der Waals surface area contributed by atoms with Crippen LogP contribution in [0, 0.1) is 6.92 Å². The van der Waals surface area contributed by atoms with E-state index in [1.54, 1.807) is 36.5 Å². The van der Waals surface area contributed by atoms with Crippen molar-refractivity contribution in [1.29, 1.82) is 0 Å². The van der Waals surface area contributed by atoms with Crippen LogP contribution in [0.25, 0.3) is 0 Å². The van der Waals surface area contributed by atoms with Gasteiger partial charge >= 0.3 is 12.2 Å². The fourth-order valence-electron chi connectivity index (χ4n) is 1.54. The molecule has 96 valence electrons. The predicted molar refractivity (Wildman–Crippen MR) is 73.0 cm³/mol. The van der Waals surface area contributed by atoms with Gasteiger partial charge in [0.2, 0.25) is 0 Å². The van der Waals surface area contributed by atoms with Crippen LogP contribution in [-0.2, 0) is 4.79 Å². The topological polar surface area (TPSA) is 97.7 Å². The summed E-state index contributed by atoms with van der Waals surface area (Å²) in [7, 11) is 0. The normalized spacial score (nSPS) is 10.8. The predicted octanol–water partition coefficient (Wildman–Crippen LogP) is 1.90. The van der Waals surface area contributed by atoms with E-state index in [0.29, 0.717) is 29.3 Å². The first-order valence-corrected chi connectivity index (χ1v) is 5.64. The molecule has 0 saturated carbocycles. The number of hydrogen-bond acceptors (Lipinski definition) is 5. The molecule has 6 heteroatoms. The molecule has 1 aromatic heterocycles. The lowest BCUT2D eigenvalue weighted by atomic mass is 10.1. The molecule has 0 saturated heterocycles. The van der Waals surface area contributed by atoms with Gasteiger partial charge in [-0.25, -0.2) is 0 Å². The third kappa shape index (κ3) is 2.74. The Morgan fingerprint density at radius 1 is 1.16 bits per heavy atom. The molecule has 0 unspecified atom stereocenters. The molecular formula is C13H14N5O+. The largest absolute Gasteiger partial charge is 0.398 e. The van der Waals surface area contributed by atoms with Crippen molar-refractivity contribution in [1.82, 2.24) is 0 Å². The smallest absolute Gasteiger partial charge is 0.357 e. The number of anilines is 2. The fourth-order valence-corrected chi connectivity index (χ4v) is 1.54. The third-order valence-electron chi connectivity index (χ3n) is 2.66. The van der Waals surface area contributed by atoms with E-state index < -0.39 is 0 Å². The van der Waals surface area contributed by atoms with Gasteiger partial charge in [-0.2, -0.15) is 4.57 Å². The zero-order valence-corrected chi connectivity index (χ0v) is 10.4. The number of nitrogens with two attached hydrogens (primary N) is 2. The van der Waals surface area contributed by atoms with Crippen LogP contribution < -0.4 is 16.0 Å². The van der Waals surface area contributed by atoms with Gasteiger partial charge in [-0.3, -0.25) is 4.79 Å². The highest BCUT2D eigenvalue weighted by Crippen LogP contribution is 2.28. The highest BCUT2D eigenvalue weighted by molar-refractivity contribution is 5.70. The molecule has 2 aromatic rings. The number of carbonyl (C=O) groups is 1. The molecule has 0 spiro atoms. The Morgan fingerprint density at radius 2 is 1.95 bits per heavy atom. The van der Waals surface area contributed by atoms with E-state index in [4.69, 9.17) is 11.5 Å². The lowest BCUT2D eigenvalue weighted by Gasteiger charge is -2.02. The zero-order chi connectivity index (χ0) is 13.8. The van der Waals surface area contributed by atoms with Gasteiger partial charge in [-0.15, -0.1) is 0 Å². The molecule has 0 amide bonds. The van der Waals surface area contributed by atoms with Crippen LogP contribution in [0.15, 0.2) is 46.8 Å². The summed E-state index contributed by atoms with van der Waals surface area (Å²) in [6, 6.07) is 8.57. The average molecular weight is 256 g/mol. The molecular weight excluding hydrogens is 242 g/mol. The molecule has 0 fully saturated rings. The first-order chi connectivity index (χ1) is 9.11. The van der Waals surface area contributed by atoms with Crippen LogP contribution in [0.4, 0.5) is 22.9 Å². The maximum absolute atomic E-state index is 10.8. The molecule has 0 atom stereocenters. The zero-order valence-electron chi connectivity index (χ0n) is 10.4. The molecule has 0 aliphatic heterocycles. The lowest BCUT2D eigenvalue weighted by Crippen LogP contribution is -2.32. The maximum atomic E-state index is 10.8. The molecule has 0 aliphatic carbocycles. The first-order valence-electron chi connectivity index (χ1n) is 5.64. The molecule has 0 radical (unpaired) electrons. The highest BCUT2D eigenvalue weighted by atomic mass is 16.1. The van der Waals surface area contributed by atoms with Crippen molar-refractivity contribution in [2.45, 2.75) is 6.92 Å². The number of nitrogens with zero attached hydrogens (tertiary/aromatic N) is 3. The molecule has 4 N–H and O–H groups in total.